The lowest BCUT2D eigenvalue weighted by Gasteiger charge is -2.32. The zero-order valence-electron chi connectivity index (χ0n) is 11.6. The van der Waals surface area contributed by atoms with E-state index >= 15 is 0 Å². The quantitative estimate of drug-likeness (QED) is 0.726. The maximum atomic E-state index is 6.27. The molecule has 2 nitrogen and oxygen atoms in total. The van der Waals surface area contributed by atoms with Crippen molar-refractivity contribution in [3.05, 3.63) is 28.8 Å². The third kappa shape index (κ3) is 4.15. The Morgan fingerprint density at radius 2 is 2.00 bits per heavy atom. The van der Waals surface area contributed by atoms with Gasteiger partial charge in [0.05, 0.1) is 0 Å². The average molecular weight is 334 g/mol. The molecule has 0 spiro atoms. The summed E-state index contributed by atoms with van der Waals surface area (Å²) < 4.78 is 0. The van der Waals surface area contributed by atoms with E-state index in [1.807, 2.05) is 0 Å². The van der Waals surface area contributed by atoms with Gasteiger partial charge in [0.15, 0.2) is 0 Å². The van der Waals surface area contributed by atoms with Gasteiger partial charge in [-0.1, -0.05) is 33.6 Å². The Kier molecular flexibility index (Phi) is 6.47. The van der Waals surface area contributed by atoms with Crippen LogP contribution in [0.2, 0.25) is 5.02 Å². The summed E-state index contributed by atoms with van der Waals surface area (Å²) in [6, 6.07) is 6.78. The van der Waals surface area contributed by atoms with Gasteiger partial charge in [-0.3, -0.25) is 0 Å². The first-order chi connectivity index (χ1) is 8.49. The van der Waals surface area contributed by atoms with E-state index in [2.05, 4.69) is 71.9 Å². The van der Waals surface area contributed by atoms with Crippen molar-refractivity contribution in [3.8, 4) is 0 Å². The number of benzene rings is 1. The normalized spacial score (nSPS) is 12.8. The molecule has 0 heterocycles. The fourth-order valence-electron chi connectivity index (χ4n) is 2.20. The minimum atomic E-state index is 0.468. The van der Waals surface area contributed by atoms with Crippen molar-refractivity contribution < 1.29 is 0 Å². The summed E-state index contributed by atoms with van der Waals surface area (Å²) in [5, 5.41) is 1.63. The third-order valence-electron chi connectivity index (χ3n) is 3.01. The van der Waals surface area contributed by atoms with Crippen molar-refractivity contribution in [2.75, 3.05) is 32.1 Å². The van der Waals surface area contributed by atoms with Crippen LogP contribution in [0.25, 0.3) is 0 Å². The molecule has 0 saturated heterocycles. The Balaban J connectivity index is 2.91. The summed E-state index contributed by atoms with van der Waals surface area (Å²) in [7, 11) is 4.20. The van der Waals surface area contributed by atoms with Gasteiger partial charge in [-0.2, -0.15) is 0 Å². The zero-order chi connectivity index (χ0) is 13.7. The van der Waals surface area contributed by atoms with Crippen LogP contribution in [0.15, 0.2) is 18.2 Å². The second-order valence-corrected chi connectivity index (χ2v) is 5.77. The molecule has 0 aliphatic rings. The molecule has 18 heavy (non-hydrogen) atoms. The Labute approximate surface area is 124 Å². The van der Waals surface area contributed by atoms with Crippen LogP contribution in [0.5, 0.6) is 0 Å². The largest absolute Gasteiger partial charge is 0.368 e. The first-order valence-corrected chi connectivity index (χ1v) is 7.75. The molecule has 1 aromatic rings. The van der Waals surface area contributed by atoms with Crippen molar-refractivity contribution >= 4 is 33.2 Å². The first-order valence-electron chi connectivity index (χ1n) is 6.25. The molecular weight excluding hydrogens is 312 g/mol. The molecule has 1 rings (SSSR count). The molecule has 0 aromatic heterocycles. The van der Waals surface area contributed by atoms with Crippen LogP contribution in [-0.2, 0) is 5.33 Å². The fourth-order valence-corrected chi connectivity index (χ4v) is 3.09. The second kappa shape index (κ2) is 7.37. The van der Waals surface area contributed by atoms with Crippen LogP contribution >= 0.6 is 27.5 Å². The zero-order valence-corrected chi connectivity index (χ0v) is 13.9. The Morgan fingerprint density at radius 3 is 2.44 bits per heavy atom. The highest BCUT2D eigenvalue weighted by atomic mass is 79.9. The standard InChI is InChI=1S/C14H22BrClN2/c1-5-18(11(2)10-17(3)4)13-7-6-12(9-15)14(16)8-13/h6-8,11H,5,9-10H2,1-4H3. The van der Waals surface area contributed by atoms with Crippen LogP contribution in [0.4, 0.5) is 5.69 Å². The number of rotatable bonds is 6. The Morgan fingerprint density at radius 1 is 1.33 bits per heavy atom. The van der Waals surface area contributed by atoms with Crippen molar-refractivity contribution in [1.29, 1.82) is 0 Å². The molecule has 1 aromatic carbocycles. The lowest BCUT2D eigenvalue weighted by atomic mass is 10.1. The van der Waals surface area contributed by atoms with Crippen molar-refractivity contribution in [3.63, 3.8) is 0 Å². The molecule has 102 valence electrons. The van der Waals surface area contributed by atoms with E-state index < -0.39 is 0 Å². The second-order valence-electron chi connectivity index (χ2n) is 4.81. The van der Waals surface area contributed by atoms with Gasteiger partial charge in [-0.15, -0.1) is 0 Å². The smallest absolute Gasteiger partial charge is 0.0467 e. The van der Waals surface area contributed by atoms with E-state index in [1.54, 1.807) is 0 Å². The topological polar surface area (TPSA) is 6.48 Å². The summed E-state index contributed by atoms with van der Waals surface area (Å²) >= 11 is 9.72. The molecule has 0 bridgehead atoms. The summed E-state index contributed by atoms with van der Waals surface area (Å²) in [5.74, 6) is 0. The van der Waals surface area contributed by atoms with E-state index in [0.717, 1.165) is 29.0 Å². The van der Waals surface area contributed by atoms with Crippen molar-refractivity contribution in [1.82, 2.24) is 4.90 Å². The molecule has 0 N–H and O–H groups in total. The van der Waals surface area contributed by atoms with E-state index in [4.69, 9.17) is 11.6 Å². The fraction of sp³-hybridized carbons (Fsp3) is 0.571. The predicted molar refractivity (Wildman–Crippen MR) is 85.1 cm³/mol. The molecule has 0 radical (unpaired) electrons. The lowest BCUT2D eigenvalue weighted by molar-refractivity contribution is 0.373. The number of halogens is 2. The molecule has 1 atom stereocenters. The maximum Gasteiger partial charge on any atom is 0.0467 e. The maximum absolute atomic E-state index is 6.27. The van der Waals surface area contributed by atoms with Gasteiger partial charge in [-0.25, -0.2) is 0 Å². The highest BCUT2D eigenvalue weighted by Crippen LogP contribution is 2.26. The van der Waals surface area contributed by atoms with Crippen LogP contribution in [0, 0.1) is 0 Å². The minimum Gasteiger partial charge on any atom is -0.368 e. The van der Waals surface area contributed by atoms with E-state index in [-0.39, 0.29) is 0 Å². The highest BCUT2D eigenvalue weighted by Gasteiger charge is 2.14. The van der Waals surface area contributed by atoms with Crippen LogP contribution < -0.4 is 4.90 Å². The van der Waals surface area contributed by atoms with Crippen LogP contribution in [-0.4, -0.2) is 38.1 Å². The number of alkyl halides is 1. The van der Waals surface area contributed by atoms with Gasteiger partial charge in [0.25, 0.3) is 0 Å². The van der Waals surface area contributed by atoms with E-state index in [9.17, 15) is 0 Å². The summed E-state index contributed by atoms with van der Waals surface area (Å²) in [5.41, 5.74) is 2.33. The van der Waals surface area contributed by atoms with Gasteiger partial charge in [-0.05, 0) is 45.6 Å². The van der Waals surface area contributed by atoms with Gasteiger partial charge in [0, 0.05) is 35.2 Å². The van der Waals surface area contributed by atoms with E-state index in [0.29, 0.717) is 6.04 Å². The number of hydrogen-bond donors (Lipinski definition) is 0. The molecule has 0 amide bonds. The van der Waals surface area contributed by atoms with Gasteiger partial charge >= 0.3 is 0 Å². The first kappa shape index (κ1) is 15.8. The molecule has 0 aliphatic heterocycles. The van der Waals surface area contributed by atoms with Crippen LogP contribution in [0.1, 0.15) is 19.4 Å². The summed E-state index contributed by atoms with van der Waals surface area (Å²) in [6.07, 6.45) is 0. The monoisotopic (exact) mass is 332 g/mol. The molecule has 0 aliphatic carbocycles. The SMILES string of the molecule is CCN(c1ccc(CBr)c(Cl)c1)C(C)CN(C)C. The Hall–Kier alpha value is -0.250. The molecule has 4 heteroatoms. The predicted octanol–water partition coefficient (Wildman–Crippen LogP) is 4.01. The van der Waals surface area contributed by atoms with Gasteiger partial charge in [0.2, 0.25) is 0 Å². The third-order valence-corrected chi connectivity index (χ3v) is 3.97. The summed E-state index contributed by atoms with van der Waals surface area (Å²) in [4.78, 5) is 4.59. The van der Waals surface area contributed by atoms with Crippen LogP contribution in [0.3, 0.4) is 0 Å². The number of anilines is 1. The number of hydrogen-bond acceptors (Lipinski definition) is 2. The van der Waals surface area contributed by atoms with Gasteiger partial charge < -0.3 is 9.80 Å². The lowest BCUT2D eigenvalue weighted by Crippen LogP contribution is -2.40. The highest BCUT2D eigenvalue weighted by molar-refractivity contribution is 9.08. The number of nitrogens with zero attached hydrogens (tertiary/aromatic N) is 2. The Bertz CT molecular complexity index is 382. The average Bonchev–Trinajstić information content (AvgIpc) is 2.29. The molecule has 0 fully saturated rings. The minimum absolute atomic E-state index is 0.468. The van der Waals surface area contributed by atoms with Crippen molar-refractivity contribution in [2.45, 2.75) is 25.2 Å². The molecule has 0 saturated carbocycles. The van der Waals surface area contributed by atoms with Gasteiger partial charge in [0.1, 0.15) is 0 Å². The summed E-state index contributed by atoms with van der Waals surface area (Å²) in [6.45, 7) is 6.44. The van der Waals surface area contributed by atoms with E-state index in [1.165, 1.54) is 5.69 Å². The van der Waals surface area contributed by atoms with Crippen molar-refractivity contribution in [2.24, 2.45) is 0 Å². The molecule has 1 unspecified atom stereocenters. The molecular formula is C14H22BrClN2. The number of likely N-dealkylation sites (N-methyl/N-ethyl adjacent to an activating group) is 2.